The van der Waals surface area contributed by atoms with Crippen LogP contribution in [0.3, 0.4) is 0 Å². The van der Waals surface area contributed by atoms with Crippen molar-refractivity contribution in [2.75, 3.05) is 0 Å². The quantitative estimate of drug-likeness (QED) is 0.139. The first-order chi connectivity index (χ1) is 30.5. The van der Waals surface area contributed by atoms with E-state index in [1.807, 2.05) is 66.7 Å². The summed E-state index contributed by atoms with van der Waals surface area (Å²) in [6, 6.07) is 72.9. The molecule has 68 heavy (non-hydrogen) atoms. The van der Waals surface area contributed by atoms with Crippen LogP contribution < -0.4 is 308 Å². The van der Waals surface area contributed by atoms with Crippen molar-refractivity contribution in [2.45, 2.75) is 13.8 Å². The molecule has 0 bridgehead atoms. The summed E-state index contributed by atoms with van der Waals surface area (Å²) < 4.78 is 4.14. The number of fused-ring (bicyclic) bond motifs is 4. The minimum absolute atomic E-state index is 0. The van der Waals surface area contributed by atoms with E-state index in [1.54, 1.807) is 45.3 Å². The first kappa shape index (κ1) is 63.7. The molecule has 0 N–H and O–H groups in total. The monoisotopic (exact) mass is 1100 g/mol. The SMILES string of the molecule is Cc1cc(C)cc(-c2nc3[c-]cc[c-]c3s2)c1.[K+].[K+].[K+].[K+].[K+].[K+].[c-]1c2nc(-c3ccccc3)sc2[c-]c2nc(-c3ccccc3)sc12.[c-]1cc[c-]c2sc(-c3ccc(-c4ccccc4)cc3)nc12. The van der Waals surface area contributed by atoms with E-state index < -0.39 is 0 Å². The van der Waals surface area contributed by atoms with E-state index in [0.717, 1.165) is 77.6 Å². The van der Waals surface area contributed by atoms with Gasteiger partial charge >= 0.3 is 308 Å². The third-order valence-corrected chi connectivity index (χ3v) is 13.9. The molecule has 8 aromatic carbocycles. The predicted molar refractivity (Wildman–Crippen MR) is 262 cm³/mol. The molecule has 0 aliphatic heterocycles. The standard InChI is InChI=1S/C20H10N2S2.C19H11NS.C15H11NS.6K/c1-3-7-13(8-4-1)19-21-15-11-18-16(12-17(15)23-19)22-20(24-18)14-9-5-2-6-10-14;1-2-6-14(7-3-1)15-10-12-16(13-11-15)19-20-17-8-4-5-9-18(17)21-19;1-10-7-11(2)9-12(8-10)15-16-13-5-3-4-6-14(13)17-15;;;;;;/h1-10H;1-7,10-13H;3-4,7-9H,1-2H3;;;;;;/q3*-2;6*+1. The molecule has 0 atom stereocenters. The summed E-state index contributed by atoms with van der Waals surface area (Å²) >= 11 is 6.60. The Balaban J connectivity index is 0.000000216. The largest absolute Gasteiger partial charge is 1.00 e. The molecule has 4 nitrogen and oxygen atoms in total. The molecule has 0 saturated carbocycles. The fraction of sp³-hybridized carbons (Fsp3) is 0.0370. The average molecular weight is 1100 g/mol. The molecule has 298 valence electrons. The second kappa shape index (κ2) is 31.5. The van der Waals surface area contributed by atoms with E-state index in [0.29, 0.717) is 0 Å². The fourth-order valence-electron chi connectivity index (χ4n) is 6.89. The summed E-state index contributed by atoms with van der Waals surface area (Å²) in [6.45, 7) is 4.23. The maximum atomic E-state index is 4.73. The third kappa shape index (κ3) is 16.6. The Morgan fingerprint density at radius 3 is 1.03 bits per heavy atom. The summed E-state index contributed by atoms with van der Waals surface area (Å²) in [4.78, 5) is 18.7. The van der Waals surface area contributed by atoms with Gasteiger partial charge in [0.15, 0.2) is 0 Å². The van der Waals surface area contributed by atoms with Crippen LogP contribution >= 0.6 is 45.3 Å². The van der Waals surface area contributed by atoms with Gasteiger partial charge in [0.05, 0.1) is 20.0 Å². The normalized spacial score (nSPS) is 10.1. The Hall–Kier alpha value is 3.14. The van der Waals surface area contributed by atoms with Crippen molar-refractivity contribution in [1.29, 1.82) is 0 Å². The molecule has 4 heterocycles. The molecular formula is C54H32K6N4S4. The van der Waals surface area contributed by atoms with E-state index in [9.17, 15) is 0 Å². The van der Waals surface area contributed by atoms with Gasteiger partial charge in [-0.1, -0.05) is 132 Å². The Morgan fingerprint density at radius 2 is 0.618 bits per heavy atom. The van der Waals surface area contributed by atoms with E-state index in [-0.39, 0.29) is 308 Å². The van der Waals surface area contributed by atoms with Crippen LogP contribution in [0.15, 0.2) is 158 Å². The summed E-state index contributed by atoms with van der Waals surface area (Å²) in [5.41, 5.74) is 13.1. The third-order valence-electron chi connectivity index (χ3n) is 9.76. The first-order valence-electron chi connectivity index (χ1n) is 19.8. The van der Waals surface area contributed by atoms with Crippen LogP contribution in [0, 0.1) is 50.2 Å². The number of thiazole rings is 4. The van der Waals surface area contributed by atoms with Gasteiger partial charge in [-0.05, 0) is 37.1 Å². The smallest absolute Gasteiger partial charge is 0.329 e. The van der Waals surface area contributed by atoms with Gasteiger partial charge in [0.1, 0.15) is 0 Å². The number of rotatable bonds is 5. The van der Waals surface area contributed by atoms with Crippen LogP contribution in [-0.2, 0) is 0 Å². The molecular weight excluding hydrogens is 1070 g/mol. The van der Waals surface area contributed by atoms with Crippen molar-refractivity contribution in [3.63, 3.8) is 0 Å². The van der Waals surface area contributed by atoms with E-state index in [1.165, 1.54) is 27.8 Å². The molecule has 0 saturated heterocycles. The maximum absolute atomic E-state index is 4.73. The van der Waals surface area contributed by atoms with E-state index in [4.69, 9.17) is 9.97 Å². The van der Waals surface area contributed by atoms with Crippen molar-refractivity contribution < 1.29 is 308 Å². The number of aromatic nitrogens is 4. The van der Waals surface area contributed by atoms with Crippen molar-refractivity contribution in [3.05, 3.63) is 205 Å². The van der Waals surface area contributed by atoms with Crippen molar-refractivity contribution >= 4 is 86.2 Å². The van der Waals surface area contributed by atoms with Gasteiger partial charge in [-0.3, -0.25) is 60.7 Å². The van der Waals surface area contributed by atoms with Crippen LogP contribution in [0.2, 0.25) is 0 Å². The zero-order valence-corrected chi connectivity index (χ0v) is 61.4. The topological polar surface area (TPSA) is 51.6 Å². The van der Waals surface area contributed by atoms with Crippen LogP contribution in [0.4, 0.5) is 0 Å². The van der Waals surface area contributed by atoms with Crippen LogP contribution in [0.5, 0.6) is 0 Å². The zero-order valence-electron chi connectivity index (χ0n) is 39.4. The van der Waals surface area contributed by atoms with Crippen LogP contribution in [0.1, 0.15) is 11.1 Å². The minimum Gasteiger partial charge on any atom is -0.329 e. The molecule has 4 aromatic heterocycles. The van der Waals surface area contributed by atoms with Crippen LogP contribution in [-0.4, -0.2) is 19.9 Å². The fourth-order valence-corrected chi connectivity index (χ4v) is 10.5. The first-order valence-corrected chi connectivity index (χ1v) is 23.0. The van der Waals surface area contributed by atoms with E-state index in [2.05, 4.69) is 151 Å². The van der Waals surface area contributed by atoms with Crippen molar-refractivity contribution in [1.82, 2.24) is 19.9 Å². The number of hydrogen-bond donors (Lipinski definition) is 0. The van der Waals surface area contributed by atoms with Gasteiger partial charge in [0.25, 0.3) is 0 Å². The molecule has 0 unspecified atom stereocenters. The van der Waals surface area contributed by atoms with Gasteiger partial charge in [-0.2, -0.15) is 18.8 Å². The van der Waals surface area contributed by atoms with Crippen molar-refractivity contribution in [3.8, 4) is 53.4 Å². The molecule has 0 fully saturated rings. The second-order valence-corrected chi connectivity index (χ2v) is 18.3. The van der Waals surface area contributed by atoms with Gasteiger partial charge in [0, 0.05) is 22.3 Å². The van der Waals surface area contributed by atoms with Gasteiger partial charge in [-0.15, -0.1) is 22.1 Å². The van der Waals surface area contributed by atoms with Gasteiger partial charge in [0.2, 0.25) is 0 Å². The zero-order chi connectivity index (χ0) is 41.8. The molecule has 12 rings (SSSR count). The number of benzene rings is 8. The second-order valence-electron chi connectivity index (χ2n) is 14.3. The number of aryl methyl sites for hydroxylation is 2. The Labute approximate surface area is 669 Å². The summed E-state index contributed by atoms with van der Waals surface area (Å²) in [7, 11) is 0. The minimum atomic E-state index is 0. The summed E-state index contributed by atoms with van der Waals surface area (Å²) in [5, 5.41) is 4.06. The molecule has 0 spiro atoms. The number of hydrogen-bond acceptors (Lipinski definition) is 8. The predicted octanol–water partition coefficient (Wildman–Crippen LogP) is -2.72. The number of nitrogens with zero attached hydrogens (tertiary/aromatic N) is 4. The molecule has 12 aromatic rings. The molecule has 0 aliphatic carbocycles. The van der Waals surface area contributed by atoms with Gasteiger partial charge in [-0.25, -0.2) is 45.3 Å². The molecule has 14 heteroatoms. The van der Waals surface area contributed by atoms with Crippen molar-refractivity contribution in [2.24, 2.45) is 0 Å². The van der Waals surface area contributed by atoms with E-state index >= 15 is 0 Å². The average Bonchev–Trinajstić information content (AvgIpc) is 4.14. The molecule has 0 radical (unpaired) electrons. The Bertz CT molecular complexity index is 3230. The summed E-state index contributed by atoms with van der Waals surface area (Å²) in [5.74, 6) is 0. The maximum Gasteiger partial charge on any atom is 1.00 e. The van der Waals surface area contributed by atoms with Crippen LogP contribution in [0.25, 0.3) is 94.3 Å². The molecule has 0 aliphatic rings. The Kier molecular flexibility index (Phi) is 29.5. The summed E-state index contributed by atoms with van der Waals surface area (Å²) in [6.07, 6.45) is 0. The Morgan fingerprint density at radius 1 is 0.309 bits per heavy atom. The molecule has 0 amide bonds. The van der Waals surface area contributed by atoms with Gasteiger partial charge < -0.3 is 19.9 Å².